The molecule has 2 amide bonds. The smallest absolute Gasteiger partial charge is 0.338 e. The van der Waals surface area contributed by atoms with Crippen LogP contribution in [-0.2, 0) is 20.8 Å². The fourth-order valence-corrected chi connectivity index (χ4v) is 3.36. The Morgan fingerprint density at radius 1 is 1.06 bits per heavy atom. The van der Waals surface area contributed by atoms with Crippen LogP contribution in [0.5, 0.6) is 0 Å². The molecule has 0 aromatic heterocycles. The number of carbonyl (C=O) groups is 3. The number of benzene rings is 2. The van der Waals surface area contributed by atoms with Gasteiger partial charge in [-0.3, -0.25) is 4.90 Å². The van der Waals surface area contributed by atoms with Crippen LogP contribution < -0.4 is 5.32 Å². The van der Waals surface area contributed by atoms with Crippen molar-refractivity contribution in [2.45, 2.75) is 19.5 Å². The van der Waals surface area contributed by atoms with E-state index >= 15 is 0 Å². The standard InChI is InChI=1S/C23H24N2O6/c1-15-19(22(28)31-13-12-30-2)20(17-6-4-3-5-7-17)24-23(29)25(15)14-16-8-10-18(11-9-16)21(26)27/h3-11,20H,12-14H2,1-2H3,(H,24,29)(H,26,27). The number of carboxylic acids is 1. The van der Waals surface area contributed by atoms with Crippen LogP contribution in [0, 0.1) is 0 Å². The molecular formula is C23H24N2O6. The summed E-state index contributed by atoms with van der Waals surface area (Å²) in [5, 5.41) is 11.9. The Labute approximate surface area is 180 Å². The first-order valence-corrected chi connectivity index (χ1v) is 9.74. The monoisotopic (exact) mass is 424 g/mol. The van der Waals surface area contributed by atoms with Crippen molar-refractivity contribution in [3.05, 3.63) is 82.6 Å². The molecule has 0 bridgehead atoms. The fraction of sp³-hybridized carbons (Fsp3) is 0.261. The van der Waals surface area contributed by atoms with Gasteiger partial charge >= 0.3 is 18.0 Å². The summed E-state index contributed by atoms with van der Waals surface area (Å²) in [6.07, 6.45) is 0. The Kier molecular flexibility index (Phi) is 7.04. The number of amides is 2. The minimum Gasteiger partial charge on any atom is -0.478 e. The first-order chi connectivity index (χ1) is 14.9. The predicted octanol–water partition coefficient (Wildman–Crippen LogP) is 3.11. The average molecular weight is 424 g/mol. The van der Waals surface area contributed by atoms with E-state index < -0.39 is 18.0 Å². The molecule has 1 atom stereocenters. The van der Waals surface area contributed by atoms with E-state index in [9.17, 15) is 14.4 Å². The Balaban J connectivity index is 1.94. The number of ether oxygens (including phenoxy) is 2. The third kappa shape index (κ3) is 5.10. The van der Waals surface area contributed by atoms with Crippen LogP contribution in [0.1, 0.15) is 34.5 Å². The van der Waals surface area contributed by atoms with Crippen molar-refractivity contribution in [3.8, 4) is 0 Å². The molecule has 1 aliphatic rings. The fourth-order valence-electron chi connectivity index (χ4n) is 3.36. The zero-order valence-electron chi connectivity index (χ0n) is 17.3. The minimum absolute atomic E-state index is 0.0955. The van der Waals surface area contributed by atoms with E-state index in [-0.39, 0.29) is 31.4 Å². The van der Waals surface area contributed by atoms with Crippen molar-refractivity contribution < 1.29 is 29.0 Å². The number of hydrogen-bond donors (Lipinski definition) is 2. The minimum atomic E-state index is -1.02. The molecule has 2 aromatic rings. The lowest BCUT2D eigenvalue weighted by molar-refractivity contribution is -0.140. The highest BCUT2D eigenvalue weighted by atomic mass is 16.6. The highest BCUT2D eigenvalue weighted by Crippen LogP contribution is 2.32. The molecule has 31 heavy (non-hydrogen) atoms. The number of allylic oxidation sites excluding steroid dienone is 1. The van der Waals surface area contributed by atoms with Gasteiger partial charge in [-0.25, -0.2) is 14.4 Å². The molecular weight excluding hydrogens is 400 g/mol. The maximum atomic E-state index is 12.9. The van der Waals surface area contributed by atoms with E-state index in [1.165, 1.54) is 24.1 Å². The number of nitrogens with zero attached hydrogens (tertiary/aromatic N) is 1. The van der Waals surface area contributed by atoms with Crippen LogP contribution in [0.15, 0.2) is 65.9 Å². The van der Waals surface area contributed by atoms with Gasteiger partial charge in [0.15, 0.2) is 0 Å². The van der Waals surface area contributed by atoms with Gasteiger partial charge < -0.3 is 19.9 Å². The van der Waals surface area contributed by atoms with Crippen molar-refractivity contribution in [2.24, 2.45) is 0 Å². The summed E-state index contributed by atoms with van der Waals surface area (Å²) >= 11 is 0. The second kappa shape index (κ2) is 9.90. The first kappa shape index (κ1) is 22.0. The largest absolute Gasteiger partial charge is 0.478 e. The van der Waals surface area contributed by atoms with E-state index in [4.69, 9.17) is 14.6 Å². The number of rotatable bonds is 8. The van der Waals surface area contributed by atoms with Gasteiger partial charge in [0.2, 0.25) is 0 Å². The first-order valence-electron chi connectivity index (χ1n) is 9.74. The van der Waals surface area contributed by atoms with Crippen LogP contribution >= 0.6 is 0 Å². The molecule has 2 N–H and O–H groups in total. The maximum Gasteiger partial charge on any atom is 0.338 e. The van der Waals surface area contributed by atoms with E-state index in [0.717, 1.165) is 11.1 Å². The van der Waals surface area contributed by atoms with Crippen molar-refractivity contribution in [2.75, 3.05) is 20.3 Å². The van der Waals surface area contributed by atoms with Gasteiger partial charge in [0.1, 0.15) is 6.61 Å². The molecule has 0 saturated carbocycles. The van der Waals surface area contributed by atoms with Crippen LogP contribution in [0.2, 0.25) is 0 Å². The number of esters is 1. The summed E-state index contributed by atoms with van der Waals surface area (Å²) in [5.74, 6) is -1.56. The molecule has 3 rings (SSSR count). The summed E-state index contributed by atoms with van der Waals surface area (Å²) in [6, 6.07) is 14.4. The van der Waals surface area contributed by atoms with E-state index in [2.05, 4.69) is 5.32 Å². The van der Waals surface area contributed by atoms with Gasteiger partial charge in [0.05, 0.1) is 30.3 Å². The Morgan fingerprint density at radius 3 is 2.35 bits per heavy atom. The molecule has 0 spiro atoms. The zero-order chi connectivity index (χ0) is 22.4. The molecule has 8 heteroatoms. The third-order valence-corrected chi connectivity index (χ3v) is 5.01. The number of methoxy groups -OCH3 is 1. The third-order valence-electron chi connectivity index (χ3n) is 5.01. The number of urea groups is 1. The number of carboxylic acid groups (broad SMARTS) is 1. The quantitative estimate of drug-likeness (QED) is 0.498. The molecule has 162 valence electrons. The number of aromatic carboxylic acids is 1. The second-order valence-electron chi connectivity index (χ2n) is 7.01. The number of nitrogens with one attached hydrogen (secondary N) is 1. The Hall–Kier alpha value is -3.65. The molecule has 8 nitrogen and oxygen atoms in total. The van der Waals surface area contributed by atoms with Crippen LogP contribution in [0.25, 0.3) is 0 Å². The highest BCUT2D eigenvalue weighted by molar-refractivity contribution is 5.95. The maximum absolute atomic E-state index is 12.9. The number of hydrogen-bond acceptors (Lipinski definition) is 5. The van der Waals surface area contributed by atoms with Crippen LogP contribution in [0.4, 0.5) is 4.79 Å². The van der Waals surface area contributed by atoms with Gasteiger partial charge in [-0.15, -0.1) is 0 Å². The predicted molar refractivity (Wildman–Crippen MR) is 112 cm³/mol. The van der Waals surface area contributed by atoms with Crippen molar-refractivity contribution in [3.63, 3.8) is 0 Å². The molecule has 0 saturated heterocycles. The molecule has 0 fully saturated rings. The van der Waals surface area contributed by atoms with Crippen LogP contribution in [-0.4, -0.2) is 48.3 Å². The summed E-state index contributed by atoms with van der Waals surface area (Å²) in [7, 11) is 1.52. The van der Waals surface area contributed by atoms with Gasteiger partial charge in [0.25, 0.3) is 0 Å². The summed E-state index contributed by atoms with van der Waals surface area (Å²) in [4.78, 5) is 38.3. The second-order valence-corrected chi connectivity index (χ2v) is 7.01. The Bertz CT molecular complexity index is 985. The number of carbonyl (C=O) groups excluding carboxylic acids is 2. The summed E-state index contributed by atoms with van der Waals surface area (Å²) < 4.78 is 10.3. The van der Waals surface area contributed by atoms with Crippen molar-refractivity contribution in [1.29, 1.82) is 0 Å². The van der Waals surface area contributed by atoms with E-state index in [1.54, 1.807) is 19.1 Å². The van der Waals surface area contributed by atoms with Gasteiger partial charge in [-0.1, -0.05) is 42.5 Å². The van der Waals surface area contributed by atoms with Crippen LogP contribution in [0.3, 0.4) is 0 Å². The molecule has 1 heterocycles. The zero-order valence-corrected chi connectivity index (χ0v) is 17.3. The van der Waals surface area contributed by atoms with Gasteiger partial charge in [-0.2, -0.15) is 0 Å². The molecule has 0 radical (unpaired) electrons. The van der Waals surface area contributed by atoms with Crippen molar-refractivity contribution in [1.82, 2.24) is 10.2 Å². The Morgan fingerprint density at radius 2 is 1.74 bits per heavy atom. The topological polar surface area (TPSA) is 105 Å². The molecule has 1 unspecified atom stereocenters. The highest BCUT2D eigenvalue weighted by Gasteiger charge is 2.36. The van der Waals surface area contributed by atoms with Gasteiger partial charge in [-0.05, 0) is 30.2 Å². The molecule has 0 aliphatic carbocycles. The van der Waals surface area contributed by atoms with Gasteiger partial charge in [0, 0.05) is 12.8 Å². The van der Waals surface area contributed by atoms with E-state index in [1.807, 2.05) is 30.3 Å². The summed E-state index contributed by atoms with van der Waals surface area (Å²) in [5.41, 5.74) is 2.46. The lowest BCUT2D eigenvalue weighted by atomic mass is 9.94. The molecule has 1 aliphatic heterocycles. The SMILES string of the molecule is COCCOC(=O)C1=C(C)N(Cc2ccc(C(=O)O)cc2)C(=O)NC1c1ccccc1. The lowest BCUT2D eigenvalue weighted by Crippen LogP contribution is -2.47. The van der Waals surface area contributed by atoms with E-state index in [0.29, 0.717) is 11.3 Å². The normalized spacial score (nSPS) is 16.1. The molecule has 2 aromatic carbocycles. The average Bonchev–Trinajstić information content (AvgIpc) is 2.77. The lowest BCUT2D eigenvalue weighted by Gasteiger charge is -2.35. The summed E-state index contributed by atoms with van der Waals surface area (Å²) in [6.45, 7) is 2.24. The van der Waals surface area contributed by atoms with Crippen molar-refractivity contribution >= 4 is 18.0 Å².